The Bertz CT molecular complexity index is 505. The molecule has 0 spiro atoms. The minimum atomic E-state index is -0.464. The highest BCUT2D eigenvalue weighted by molar-refractivity contribution is 9.08. The number of nitro groups is 1. The molecule has 0 heterocycles. The van der Waals surface area contributed by atoms with Gasteiger partial charge in [-0.25, -0.2) is 0 Å². The van der Waals surface area contributed by atoms with E-state index in [2.05, 4.69) is 15.9 Å². The molecule has 0 aliphatic rings. The predicted octanol–water partition coefficient (Wildman–Crippen LogP) is 2.43. The summed E-state index contributed by atoms with van der Waals surface area (Å²) in [5, 5.41) is 11.1. The lowest BCUT2D eigenvalue weighted by Crippen LogP contribution is -2.26. The molecule has 0 saturated heterocycles. The van der Waals surface area contributed by atoms with Crippen LogP contribution in [0.25, 0.3) is 0 Å². The summed E-state index contributed by atoms with van der Waals surface area (Å²) < 4.78 is 0. The highest BCUT2D eigenvalue weighted by atomic mass is 79.9. The summed E-state index contributed by atoms with van der Waals surface area (Å²) >= 11 is 3.18. The third-order valence-electron chi connectivity index (χ3n) is 2.64. The average molecular weight is 329 g/mol. The van der Waals surface area contributed by atoms with Gasteiger partial charge in [-0.2, -0.15) is 0 Å². The Kier molecular flexibility index (Phi) is 5.62. The minimum absolute atomic E-state index is 0.00867. The van der Waals surface area contributed by atoms with Crippen LogP contribution >= 0.6 is 15.9 Å². The number of hydrogen-bond donors (Lipinski definition) is 0. The maximum absolute atomic E-state index is 11.7. The van der Waals surface area contributed by atoms with Gasteiger partial charge in [-0.05, 0) is 12.1 Å². The van der Waals surface area contributed by atoms with Crippen LogP contribution in [0.3, 0.4) is 0 Å². The average Bonchev–Trinajstić information content (AvgIpc) is 2.42. The number of amides is 1. The topological polar surface area (TPSA) is 80.5 Å². The molecule has 102 valence electrons. The molecule has 1 aromatic rings. The first-order chi connectivity index (χ1) is 9.01. The highest BCUT2D eigenvalue weighted by Gasteiger charge is 2.16. The normalized spacial score (nSPS) is 10.0. The van der Waals surface area contributed by atoms with Crippen molar-refractivity contribution in [2.75, 3.05) is 11.9 Å². The molecule has 0 saturated carbocycles. The van der Waals surface area contributed by atoms with Crippen LogP contribution in [0.5, 0.6) is 0 Å². The van der Waals surface area contributed by atoms with E-state index in [0.717, 1.165) is 0 Å². The van der Waals surface area contributed by atoms with Crippen molar-refractivity contribution >= 4 is 39.5 Å². The van der Waals surface area contributed by atoms with Crippen molar-refractivity contribution in [3.05, 3.63) is 33.9 Å². The van der Waals surface area contributed by atoms with E-state index in [1.165, 1.54) is 17.0 Å². The van der Waals surface area contributed by atoms with Gasteiger partial charge in [-0.3, -0.25) is 14.9 Å². The van der Waals surface area contributed by atoms with Gasteiger partial charge in [-0.1, -0.05) is 15.9 Å². The highest BCUT2D eigenvalue weighted by Crippen LogP contribution is 2.26. The second kappa shape index (κ2) is 6.98. The fourth-order valence-electron chi connectivity index (χ4n) is 1.56. The Balaban J connectivity index is 2.98. The van der Waals surface area contributed by atoms with Crippen LogP contribution in [0.15, 0.2) is 18.2 Å². The van der Waals surface area contributed by atoms with Crippen molar-refractivity contribution in [1.29, 1.82) is 0 Å². The summed E-state index contributed by atoms with van der Waals surface area (Å²) in [6, 6.07) is 4.48. The number of rotatable bonds is 6. The Morgan fingerprint density at radius 2 is 2.21 bits per heavy atom. The van der Waals surface area contributed by atoms with Crippen molar-refractivity contribution in [2.45, 2.75) is 18.2 Å². The summed E-state index contributed by atoms with van der Waals surface area (Å²) in [5.41, 5.74) is 1.07. The lowest BCUT2D eigenvalue weighted by Gasteiger charge is -2.17. The van der Waals surface area contributed by atoms with Gasteiger partial charge in [0.1, 0.15) is 6.29 Å². The van der Waals surface area contributed by atoms with E-state index in [1.807, 2.05) is 0 Å². The number of hydrogen-bond acceptors (Lipinski definition) is 4. The summed E-state index contributed by atoms with van der Waals surface area (Å²) in [4.78, 5) is 33.7. The van der Waals surface area contributed by atoms with Gasteiger partial charge in [0.25, 0.3) is 5.69 Å². The first kappa shape index (κ1) is 15.3. The van der Waals surface area contributed by atoms with Gasteiger partial charge in [0.15, 0.2) is 0 Å². The molecule has 0 unspecified atom stereocenters. The molecule has 6 nitrogen and oxygen atoms in total. The molecular weight excluding hydrogens is 316 g/mol. The minimum Gasteiger partial charge on any atom is -0.315 e. The fraction of sp³-hybridized carbons (Fsp3) is 0.333. The maximum Gasteiger partial charge on any atom is 0.273 e. The van der Waals surface area contributed by atoms with E-state index < -0.39 is 4.92 Å². The van der Waals surface area contributed by atoms with Crippen LogP contribution in [0, 0.1) is 10.1 Å². The first-order valence-electron chi connectivity index (χ1n) is 5.54. The predicted molar refractivity (Wildman–Crippen MR) is 74.4 cm³/mol. The molecule has 0 fully saturated rings. The lowest BCUT2D eigenvalue weighted by atomic mass is 10.1. The second-order valence-corrected chi connectivity index (χ2v) is 4.42. The zero-order valence-electron chi connectivity index (χ0n) is 10.3. The van der Waals surface area contributed by atoms with Crippen molar-refractivity contribution in [1.82, 2.24) is 0 Å². The van der Waals surface area contributed by atoms with Crippen molar-refractivity contribution in [2.24, 2.45) is 0 Å². The number of nitro benzene ring substituents is 1. The number of carbonyl (C=O) groups is 2. The van der Waals surface area contributed by atoms with E-state index in [1.54, 1.807) is 13.1 Å². The summed E-state index contributed by atoms with van der Waals surface area (Å²) in [5.74, 6) is -0.207. The number of carbonyl (C=O) groups excluding carboxylic acids is 2. The SMILES string of the molecule is CN(C(=O)CCC=O)c1ccc([N+](=O)[O-])c(CBr)c1. The number of benzene rings is 1. The fourth-order valence-corrected chi connectivity index (χ4v) is 2.01. The van der Waals surface area contributed by atoms with E-state index in [0.29, 0.717) is 22.9 Å². The van der Waals surface area contributed by atoms with E-state index >= 15 is 0 Å². The molecule has 1 amide bonds. The zero-order chi connectivity index (χ0) is 14.4. The molecule has 0 aliphatic carbocycles. The summed E-state index contributed by atoms with van der Waals surface area (Å²) in [6.45, 7) is 0. The van der Waals surface area contributed by atoms with Crippen LogP contribution in [0.2, 0.25) is 0 Å². The Morgan fingerprint density at radius 1 is 1.53 bits per heavy atom. The molecule has 1 aromatic carbocycles. The number of halogens is 1. The van der Waals surface area contributed by atoms with Gasteiger partial charge in [-0.15, -0.1) is 0 Å². The molecule has 7 heteroatoms. The molecule has 0 aromatic heterocycles. The molecule has 0 N–H and O–H groups in total. The third-order valence-corrected chi connectivity index (χ3v) is 3.25. The van der Waals surface area contributed by atoms with Crippen LogP contribution in [-0.4, -0.2) is 24.2 Å². The molecule has 0 radical (unpaired) electrons. The molecule has 0 atom stereocenters. The molecule has 19 heavy (non-hydrogen) atoms. The standard InChI is InChI=1S/C12H13BrN2O4/c1-14(12(17)3-2-6-16)10-4-5-11(15(18)19)9(7-10)8-13/h4-7H,2-3,8H2,1H3. The Labute approximate surface area is 118 Å². The zero-order valence-corrected chi connectivity index (χ0v) is 11.9. The molecular formula is C12H13BrN2O4. The van der Waals surface area contributed by atoms with Gasteiger partial charge < -0.3 is 9.69 Å². The third kappa shape index (κ3) is 3.85. The largest absolute Gasteiger partial charge is 0.315 e. The summed E-state index contributed by atoms with van der Waals surface area (Å²) in [7, 11) is 1.58. The quantitative estimate of drug-likeness (QED) is 0.347. The van der Waals surface area contributed by atoms with Crippen LogP contribution < -0.4 is 4.90 Å². The van der Waals surface area contributed by atoms with Crippen LogP contribution in [0.1, 0.15) is 18.4 Å². The first-order valence-corrected chi connectivity index (χ1v) is 6.67. The van der Waals surface area contributed by atoms with E-state index in [9.17, 15) is 19.7 Å². The number of anilines is 1. The molecule has 1 rings (SSSR count). The van der Waals surface area contributed by atoms with Crippen molar-refractivity contribution in [3.8, 4) is 0 Å². The summed E-state index contributed by atoms with van der Waals surface area (Å²) in [6.07, 6.45) is 0.980. The molecule has 0 aliphatic heterocycles. The maximum atomic E-state index is 11.7. The monoisotopic (exact) mass is 328 g/mol. The number of aldehydes is 1. The van der Waals surface area contributed by atoms with Gasteiger partial charge in [0.05, 0.1) is 4.92 Å². The Morgan fingerprint density at radius 3 is 2.74 bits per heavy atom. The Hall–Kier alpha value is -1.76. The van der Waals surface area contributed by atoms with Crippen LogP contribution in [0.4, 0.5) is 11.4 Å². The van der Waals surface area contributed by atoms with E-state index in [-0.39, 0.29) is 24.4 Å². The molecule has 0 bridgehead atoms. The van der Waals surface area contributed by atoms with Crippen LogP contribution in [-0.2, 0) is 14.9 Å². The van der Waals surface area contributed by atoms with Gasteiger partial charge in [0.2, 0.25) is 5.91 Å². The van der Waals surface area contributed by atoms with Gasteiger partial charge >= 0.3 is 0 Å². The van der Waals surface area contributed by atoms with E-state index in [4.69, 9.17) is 0 Å². The van der Waals surface area contributed by atoms with Gasteiger partial charge in [0, 0.05) is 42.5 Å². The second-order valence-electron chi connectivity index (χ2n) is 3.86. The van der Waals surface area contributed by atoms with Crippen molar-refractivity contribution in [3.63, 3.8) is 0 Å². The lowest BCUT2D eigenvalue weighted by molar-refractivity contribution is -0.385. The smallest absolute Gasteiger partial charge is 0.273 e. The number of alkyl halides is 1. The number of nitrogens with zero attached hydrogens (tertiary/aromatic N) is 2. The van der Waals surface area contributed by atoms with Crippen molar-refractivity contribution < 1.29 is 14.5 Å².